The molecule has 0 heterocycles. The average Bonchev–Trinajstić information content (AvgIpc) is 2.78. The monoisotopic (exact) mass is 555 g/mol. The summed E-state index contributed by atoms with van der Waals surface area (Å²) >= 11 is 0. The maximum Gasteiger partial charge on any atom is 0.401 e. The molecule has 3 rings (SSSR count). The molecule has 37 heavy (non-hydrogen) atoms. The van der Waals surface area contributed by atoms with E-state index in [1.54, 1.807) is 0 Å². The number of alkyl halides is 3. The second-order valence-electron chi connectivity index (χ2n) is 8.79. The Hall–Kier alpha value is -2.89. The number of rotatable bonds is 7. The van der Waals surface area contributed by atoms with Crippen LogP contribution in [-0.2, 0) is 21.0 Å². The van der Waals surface area contributed by atoms with Gasteiger partial charge in [0.05, 0.1) is 10.9 Å². The molecule has 6 nitrogen and oxygen atoms in total. The minimum atomic E-state index is -5.16. The van der Waals surface area contributed by atoms with Crippen LogP contribution in [0.1, 0.15) is 0 Å². The maximum atomic E-state index is 11.0. The first kappa shape index (κ1) is 30.3. The molecule has 3 aromatic rings. The maximum absolute atomic E-state index is 11.0. The molecule has 0 aromatic heterocycles. The van der Waals surface area contributed by atoms with Crippen LogP contribution < -0.4 is 14.7 Å². The van der Waals surface area contributed by atoms with Crippen molar-refractivity contribution in [1.82, 2.24) is 0 Å². The fourth-order valence-electron chi connectivity index (χ4n) is 3.25. The molecule has 0 N–H and O–H groups in total. The molecule has 202 valence electrons. The molecule has 0 atom stereocenters. The Morgan fingerprint density at radius 1 is 0.622 bits per heavy atom. The van der Waals surface area contributed by atoms with Crippen molar-refractivity contribution in [2.75, 3.05) is 62.7 Å². The van der Waals surface area contributed by atoms with E-state index in [1.165, 1.54) is 31.7 Å². The molecule has 0 amide bonds. The zero-order valence-corrected chi connectivity index (χ0v) is 23.3. The van der Waals surface area contributed by atoms with Gasteiger partial charge in [-0.15, -0.1) is 0 Å². The van der Waals surface area contributed by atoms with Crippen molar-refractivity contribution >= 4 is 38.1 Å². The number of nitrogens with zero attached hydrogens (tertiary/aromatic N) is 3. The van der Waals surface area contributed by atoms with Gasteiger partial charge >= 0.3 is 6.18 Å². The quantitative estimate of drug-likeness (QED) is 0.300. The highest BCUT2D eigenvalue weighted by molar-refractivity contribution is 7.97. The van der Waals surface area contributed by atoms with Gasteiger partial charge in [-0.2, -0.15) is 13.2 Å². The highest BCUT2D eigenvalue weighted by Gasteiger charge is 2.30. The summed E-state index contributed by atoms with van der Waals surface area (Å²) in [5.74, 6) is -2.29. The van der Waals surface area contributed by atoms with E-state index in [9.17, 15) is 26.1 Å². The van der Waals surface area contributed by atoms with E-state index >= 15 is 0 Å². The molecule has 0 saturated heterocycles. The molecule has 3 aromatic carbocycles. The van der Waals surface area contributed by atoms with Crippen LogP contribution in [0.5, 0.6) is 0 Å². The van der Waals surface area contributed by atoms with Crippen molar-refractivity contribution < 1.29 is 26.1 Å². The zero-order chi connectivity index (χ0) is 28.0. The number of halogens is 3. The minimum Gasteiger partial charge on any atom is -0.748 e. The molecule has 0 spiro atoms. The van der Waals surface area contributed by atoms with Crippen molar-refractivity contribution in [3.63, 3.8) is 0 Å². The van der Waals surface area contributed by atoms with Gasteiger partial charge in [-0.25, -0.2) is 8.42 Å². The molecule has 0 fully saturated rings. The fraction of sp³-hybridized carbons (Fsp3) is 0.308. The molecule has 11 heteroatoms. The van der Waals surface area contributed by atoms with Gasteiger partial charge in [0.15, 0.2) is 14.7 Å². The second-order valence-corrected chi connectivity index (χ2v) is 12.2. The van der Waals surface area contributed by atoms with Crippen LogP contribution in [-0.4, -0.2) is 67.2 Å². The first-order chi connectivity index (χ1) is 17.1. The van der Waals surface area contributed by atoms with Crippen LogP contribution in [0.15, 0.2) is 87.5 Å². The topological polar surface area (TPSA) is 66.9 Å². The van der Waals surface area contributed by atoms with Gasteiger partial charge < -0.3 is 19.3 Å². The summed E-state index contributed by atoms with van der Waals surface area (Å²) in [6, 6.07) is 26.8. The van der Waals surface area contributed by atoms with E-state index in [2.05, 4.69) is 130 Å². The Bertz CT molecular complexity index is 1110. The van der Waals surface area contributed by atoms with Crippen LogP contribution in [0, 0.1) is 0 Å². The number of hydrogen-bond acceptors (Lipinski definition) is 6. The third-order valence-corrected chi connectivity index (χ3v) is 8.02. The standard InChI is InChI=1S/C24H30N3S.C2H3F3O3S/c1-25(2)19-7-13-22(14-8-19)28(23-15-9-20(10-16-23)26(3)4)24-17-11-21(12-18-24)27(5)6;3-2(4,5)1-9(6,7)8/h7-18H,1-6H3;1H2,(H,6,7,8)/q+1;/p-1. The fourth-order valence-corrected chi connectivity index (χ4v) is 5.69. The lowest BCUT2D eigenvalue weighted by molar-refractivity contribution is -0.107. The van der Waals surface area contributed by atoms with Gasteiger partial charge in [0, 0.05) is 59.3 Å². The molecule has 0 aliphatic carbocycles. The second kappa shape index (κ2) is 12.6. The van der Waals surface area contributed by atoms with Crippen LogP contribution in [0.3, 0.4) is 0 Å². The normalized spacial score (nSPS) is 11.5. The van der Waals surface area contributed by atoms with Crippen molar-refractivity contribution in [2.45, 2.75) is 20.9 Å². The van der Waals surface area contributed by atoms with Crippen LogP contribution >= 0.6 is 0 Å². The SMILES string of the molecule is CN(C)c1ccc([S+](c2ccc(N(C)C)cc2)c2ccc(N(C)C)cc2)cc1.O=S(=O)([O-])CC(F)(F)F. The molecular weight excluding hydrogens is 523 g/mol. The Labute approximate surface area is 220 Å². The zero-order valence-electron chi connectivity index (χ0n) is 21.7. The summed E-state index contributed by atoms with van der Waals surface area (Å²) in [6.07, 6.45) is -4.92. The summed E-state index contributed by atoms with van der Waals surface area (Å²) in [5.41, 5.74) is 3.66. The highest BCUT2D eigenvalue weighted by atomic mass is 32.2. The van der Waals surface area contributed by atoms with Gasteiger partial charge in [-0.1, -0.05) is 0 Å². The number of hydrogen-bond donors (Lipinski definition) is 0. The van der Waals surface area contributed by atoms with Gasteiger partial charge in [0.1, 0.15) is 15.9 Å². The minimum absolute atomic E-state index is 0.135. The van der Waals surface area contributed by atoms with E-state index in [0.29, 0.717) is 0 Å². The largest absolute Gasteiger partial charge is 0.748 e. The van der Waals surface area contributed by atoms with E-state index in [1.807, 2.05) is 0 Å². The Morgan fingerprint density at radius 3 is 1.00 bits per heavy atom. The Balaban J connectivity index is 0.000000458. The number of benzene rings is 3. The van der Waals surface area contributed by atoms with Gasteiger partial charge in [-0.05, 0) is 72.8 Å². The van der Waals surface area contributed by atoms with Crippen molar-refractivity contribution in [1.29, 1.82) is 0 Å². The molecule has 0 saturated carbocycles. The van der Waals surface area contributed by atoms with Crippen LogP contribution in [0.4, 0.5) is 30.2 Å². The van der Waals surface area contributed by atoms with Crippen molar-refractivity contribution in [3.05, 3.63) is 72.8 Å². The molecular formula is C26H32F3N3O3S2. The smallest absolute Gasteiger partial charge is 0.401 e. The lowest BCUT2D eigenvalue weighted by atomic mass is 10.3. The van der Waals surface area contributed by atoms with E-state index in [-0.39, 0.29) is 10.9 Å². The Morgan fingerprint density at radius 2 is 0.865 bits per heavy atom. The summed E-state index contributed by atoms with van der Waals surface area (Å²) in [6.45, 7) is 0. The molecule has 0 aliphatic heterocycles. The number of anilines is 3. The highest BCUT2D eigenvalue weighted by Crippen LogP contribution is 2.34. The molecule has 0 aliphatic rings. The first-order valence-corrected chi connectivity index (χ1v) is 13.9. The lowest BCUT2D eigenvalue weighted by Crippen LogP contribution is -2.21. The summed E-state index contributed by atoms with van der Waals surface area (Å²) in [7, 11) is 7.18. The lowest BCUT2D eigenvalue weighted by Gasteiger charge is -2.16. The van der Waals surface area contributed by atoms with E-state index in [4.69, 9.17) is 0 Å². The first-order valence-electron chi connectivity index (χ1n) is 11.1. The van der Waals surface area contributed by atoms with Crippen molar-refractivity contribution in [3.8, 4) is 0 Å². The predicted octanol–water partition coefficient (Wildman–Crippen LogP) is 5.07. The molecule has 0 bridgehead atoms. The van der Waals surface area contributed by atoms with E-state index in [0.717, 1.165) is 0 Å². The predicted molar refractivity (Wildman–Crippen MR) is 145 cm³/mol. The summed E-state index contributed by atoms with van der Waals surface area (Å²) in [4.78, 5) is 10.4. The van der Waals surface area contributed by atoms with Gasteiger partial charge in [0.25, 0.3) is 0 Å². The third kappa shape index (κ3) is 9.83. The molecule has 0 unspecified atom stereocenters. The third-order valence-electron chi connectivity index (χ3n) is 5.11. The van der Waals surface area contributed by atoms with Crippen molar-refractivity contribution in [2.24, 2.45) is 0 Å². The van der Waals surface area contributed by atoms with Crippen LogP contribution in [0.25, 0.3) is 0 Å². The van der Waals surface area contributed by atoms with Crippen LogP contribution in [0.2, 0.25) is 0 Å². The average molecular weight is 556 g/mol. The van der Waals surface area contributed by atoms with E-state index < -0.39 is 22.0 Å². The molecule has 0 radical (unpaired) electrons. The summed E-state index contributed by atoms with van der Waals surface area (Å²) < 4.78 is 61.0. The summed E-state index contributed by atoms with van der Waals surface area (Å²) in [5, 5.41) is 0. The van der Waals surface area contributed by atoms with Gasteiger partial charge in [-0.3, -0.25) is 0 Å². The Kier molecular flexibility index (Phi) is 10.3. The van der Waals surface area contributed by atoms with Gasteiger partial charge in [0.2, 0.25) is 0 Å².